The summed E-state index contributed by atoms with van der Waals surface area (Å²) >= 11 is 0. The molecule has 0 unspecified atom stereocenters. The van der Waals surface area contributed by atoms with Gasteiger partial charge in [-0.05, 0) is 5.92 Å². The molecule has 106 valence electrons. The Kier molecular flexibility index (Phi) is 3.78. The summed E-state index contributed by atoms with van der Waals surface area (Å²) in [5.74, 6) is 0.340. The van der Waals surface area contributed by atoms with Gasteiger partial charge in [-0.2, -0.15) is 10.2 Å². The lowest BCUT2D eigenvalue weighted by Gasteiger charge is -2.01. The van der Waals surface area contributed by atoms with Crippen LogP contribution in [0.4, 0.5) is 11.5 Å². The normalized spacial score (nSPS) is 10.8. The molecule has 0 saturated heterocycles. The van der Waals surface area contributed by atoms with Crippen molar-refractivity contribution in [2.45, 2.75) is 26.3 Å². The number of carbonyl (C=O) groups is 1. The lowest BCUT2D eigenvalue weighted by Crippen LogP contribution is -2.19. The van der Waals surface area contributed by atoms with Gasteiger partial charge in [-0.3, -0.25) is 24.7 Å². The number of nitro groups is 1. The Morgan fingerprint density at radius 3 is 2.90 bits per heavy atom. The fraction of sp³-hybridized carbons (Fsp3) is 0.364. The minimum Gasteiger partial charge on any atom is -0.308 e. The maximum absolute atomic E-state index is 11.7. The van der Waals surface area contributed by atoms with E-state index in [1.54, 1.807) is 6.07 Å². The maximum atomic E-state index is 11.7. The average Bonchev–Trinajstić information content (AvgIpc) is 2.98. The second kappa shape index (κ2) is 5.51. The first-order valence-corrected chi connectivity index (χ1v) is 5.97. The van der Waals surface area contributed by atoms with Gasteiger partial charge in [0.2, 0.25) is 5.91 Å². The van der Waals surface area contributed by atoms with Crippen molar-refractivity contribution in [2.24, 2.45) is 0 Å². The van der Waals surface area contributed by atoms with E-state index in [4.69, 9.17) is 0 Å². The monoisotopic (exact) mass is 278 g/mol. The lowest BCUT2D eigenvalue weighted by atomic mass is 10.1. The molecule has 0 spiro atoms. The molecule has 2 aromatic heterocycles. The number of nitrogens with zero attached hydrogens (tertiary/aromatic N) is 4. The standard InChI is InChI=1S/C11H14N6O3/c1-7(2)9-3-10(15-14-9)13-11(18)6-16-5-8(4-12-16)17(19)20/h3-5,7H,6H2,1-2H3,(H2,13,14,15,18). The summed E-state index contributed by atoms with van der Waals surface area (Å²) in [4.78, 5) is 21.7. The number of anilines is 1. The summed E-state index contributed by atoms with van der Waals surface area (Å²) in [6.45, 7) is 3.89. The number of aromatic nitrogens is 4. The van der Waals surface area contributed by atoms with Gasteiger partial charge in [-0.25, -0.2) is 0 Å². The molecule has 2 N–H and O–H groups in total. The summed E-state index contributed by atoms with van der Waals surface area (Å²) in [6.07, 6.45) is 2.29. The predicted octanol–water partition coefficient (Wildman–Crippen LogP) is 1.28. The average molecular weight is 278 g/mol. The first kappa shape index (κ1) is 13.7. The molecule has 2 rings (SSSR count). The second-order valence-corrected chi connectivity index (χ2v) is 4.56. The number of nitrogens with one attached hydrogen (secondary N) is 2. The molecule has 0 atom stereocenters. The molecule has 0 bridgehead atoms. The zero-order chi connectivity index (χ0) is 14.7. The molecule has 2 aromatic rings. The fourth-order valence-corrected chi connectivity index (χ4v) is 1.56. The van der Waals surface area contributed by atoms with E-state index >= 15 is 0 Å². The molecule has 9 nitrogen and oxygen atoms in total. The quantitative estimate of drug-likeness (QED) is 0.630. The van der Waals surface area contributed by atoms with E-state index in [0.717, 1.165) is 11.9 Å². The molecule has 1 amide bonds. The van der Waals surface area contributed by atoms with Crippen LogP contribution in [-0.2, 0) is 11.3 Å². The van der Waals surface area contributed by atoms with Crippen molar-refractivity contribution in [3.63, 3.8) is 0 Å². The third kappa shape index (κ3) is 3.19. The van der Waals surface area contributed by atoms with Crippen LogP contribution in [0, 0.1) is 10.1 Å². The van der Waals surface area contributed by atoms with E-state index in [1.807, 2.05) is 13.8 Å². The highest BCUT2D eigenvalue weighted by Gasteiger charge is 2.12. The van der Waals surface area contributed by atoms with E-state index in [9.17, 15) is 14.9 Å². The molecule has 2 heterocycles. The highest BCUT2D eigenvalue weighted by Crippen LogP contribution is 2.14. The number of H-pyrrole nitrogens is 1. The fourth-order valence-electron chi connectivity index (χ4n) is 1.56. The molecule has 0 saturated carbocycles. The summed E-state index contributed by atoms with van der Waals surface area (Å²) < 4.78 is 1.20. The van der Waals surface area contributed by atoms with Gasteiger partial charge in [-0.1, -0.05) is 13.8 Å². The van der Waals surface area contributed by atoms with E-state index in [2.05, 4.69) is 20.6 Å². The van der Waals surface area contributed by atoms with Crippen LogP contribution in [0.5, 0.6) is 0 Å². The van der Waals surface area contributed by atoms with Gasteiger partial charge in [0, 0.05) is 11.8 Å². The number of rotatable bonds is 5. The Hall–Kier alpha value is -2.71. The second-order valence-electron chi connectivity index (χ2n) is 4.56. The van der Waals surface area contributed by atoms with Crippen LogP contribution in [0.3, 0.4) is 0 Å². The highest BCUT2D eigenvalue weighted by molar-refractivity contribution is 5.89. The molecule has 0 aliphatic heterocycles. The van der Waals surface area contributed by atoms with E-state index in [-0.39, 0.29) is 24.1 Å². The van der Waals surface area contributed by atoms with Crippen molar-refractivity contribution in [3.8, 4) is 0 Å². The minimum absolute atomic E-state index is 0.113. The zero-order valence-corrected chi connectivity index (χ0v) is 11.0. The van der Waals surface area contributed by atoms with Crippen molar-refractivity contribution in [2.75, 3.05) is 5.32 Å². The van der Waals surface area contributed by atoms with Crippen LogP contribution in [0.15, 0.2) is 18.5 Å². The van der Waals surface area contributed by atoms with Crippen molar-refractivity contribution in [1.29, 1.82) is 0 Å². The number of aromatic amines is 1. The Balaban J connectivity index is 1.95. The van der Waals surface area contributed by atoms with Gasteiger partial charge < -0.3 is 5.32 Å². The number of carbonyl (C=O) groups excluding carboxylic acids is 1. The Morgan fingerprint density at radius 2 is 2.35 bits per heavy atom. The van der Waals surface area contributed by atoms with Gasteiger partial charge in [-0.15, -0.1) is 0 Å². The smallest absolute Gasteiger partial charge is 0.307 e. The van der Waals surface area contributed by atoms with E-state index in [1.165, 1.54) is 10.9 Å². The van der Waals surface area contributed by atoms with Crippen LogP contribution in [-0.4, -0.2) is 30.8 Å². The Bertz CT molecular complexity index is 630. The number of hydrogen-bond donors (Lipinski definition) is 2. The first-order valence-electron chi connectivity index (χ1n) is 5.97. The molecule has 0 radical (unpaired) electrons. The molecular weight excluding hydrogens is 264 g/mol. The van der Waals surface area contributed by atoms with Gasteiger partial charge in [0.15, 0.2) is 5.82 Å². The van der Waals surface area contributed by atoms with Crippen LogP contribution in [0.25, 0.3) is 0 Å². The Labute approximate surface area is 114 Å². The molecular formula is C11H14N6O3. The van der Waals surface area contributed by atoms with E-state index in [0.29, 0.717) is 5.82 Å². The SMILES string of the molecule is CC(C)c1cc(NC(=O)Cn2cc([N+](=O)[O-])cn2)n[nH]1. The van der Waals surface area contributed by atoms with Gasteiger partial charge in [0.1, 0.15) is 18.9 Å². The third-order valence-electron chi connectivity index (χ3n) is 2.62. The highest BCUT2D eigenvalue weighted by atomic mass is 16.6. The van der Waals surface area contributed by atoms with Crippen LogP contribution >= 0.6 is 0 Å². The van der Waals surface area contributed by atoms with Gasteiger partial charge in [0.05, 0.1) is 4.92 Å². The largest absolute Gasteiger partial charge is 0.308 e. The van der Waals surface area contributed by atoms with Crippen molar-refractivity contribution >= 4 is 17.4 Å². The number of amides is 1. The summed E-state index contributed by atoms with van der Waals surface area (Å²) in [7, 11) is 0. The van der Waals surface area contributed by atoms with Crippen LogP contribution < -0.4 is 5.32 Å². The van der Waals surface area contributed by atoms with Gasteiger partial charge >= 0.3 is 5.69 Å². The molecule has 0 aliphatic rings. The maximum Gasteiger partial charge on any atom is 0.307 e. The third-order valence-corrected chi connectivity index (χ3v) is 2.62. The first-order chi connectivity index (χ1) is 9.45. The molecule has 0 aliphatic carbocycles. The number of hydrogen-bond acceptors (Lipinski definition) is 5. The van der Waals surface area contributed by atoms with Crippen molar-refractivity contribution < 1.29 is 9.72 Å². The molecule has 0 fully saturated rings. The minimum atomic E-state index is -0.565. The zero-order valence-electron chi connectivity index (χ0n) is 11.0. The summed E-state index contributed by atoms with van der Waals surface area (Å²) in [5.41, 5.74) is 0.759. The predicted molar refractivity (Wildman–Crippen MR) is 70.2 cm³/mol. The summed E-state index contributed by atoms with van der Waals surface area (Å²) in [6, 6.07) is 1.74. The van der Waals surface area contributed by atoms with Gasteiger partial charge in [0.25, 0.3) is 0 Å². The molecule has 20 heavy (non-hydrogen) atoms. The van der Waals surface area contributed by atoms with Crippen molar-refractivity contribution in [3.05, 3.63) is 34.3 Å². The summed E-state index contributed by atoms with van der Waals surface area (Å²) in [5, 5.41) is 23.6. The topological polar surface area (TPSA) is 119 Å². The molecule has 0 aromatic carbocycles. The Morgan fingerprint density at radius 1 is 1.60 bits per heavy atom. The lowest BCUT2D eigenvalue weighted by molar-refractivity contribution is -0.385. The molecule has 9 heteroatoms. The van der Waals surface area contributed by atoms with Crippen molar-refractivity contribution in [1.82, 2.24) is 20.0 Å². The van der Waals surface area contributed by atoms with Crippen LogP contribution in [0.2, 0.25) is 0 Å². The van der Waals surface area contributed by atoms with E-state index < -0.39 is 4.92 Å². The van der Waals surface area contributed by atoms with Crippen LogP contribution in [0.1, 0.15) is 25.5 Å².